The van der Waals surface area contributed by atoms with Crippen LogP contribution >= 0.6 is 0 Å². The summed E-state index contributed by atoms with van der Waals surface area (Å²) in [6.45, 7) is 11.4. The molecule has 0 radical (unpaired) electrons. The van der Waals surface area contributed by atoms with Crippen molar-refractivity contribution in [3.05, 3.63) is 29.8 Å². The maximum absolute atomic E-state index is 10.1. The molecule has 0 saturated carbocycles. The van der Waals surface area contributed by atoms with Crippen LogP contribution in [0, 0.1) is 17.4 Å². The Kier molecular flexibility index (Phi) is 9.27. The average molecular weight is 363 g/mol. The van der Waals surface area contributed by atoms with Gasteiger partial charge in [0.15, 0.2) is 0 Å². The highest BCUT2D eigenvalue weighted by atomic mass is 28.3. The Labute approximate surface area is 154 Å². The summed E-state index contributed by atoms with van der Waals surface area (Å²) < 4.78 is 11.3. The zero-order valence-electron chi connectivity index (χ0n) is 16.6. The molecule has 25 heavy (non-hydrogen) atoms. The SMILES string of the molecule is CCCC(O)CC(C)C(C#C[Si](C)(C)C)OCc1ccc(OC)cc1. The molecule has 0 bridgehead atoms. The van der Waals surface area contributed by atoms with Gasteiger partial charge >= 0.3 is 0 Å². The highest BCUT2D eigenvalue weighted by Crippen LogP contribution is 2.19. The Morgan fingerprint density at radius 3 is 2.32 bits per heavy atom. The molecule has 1 aromatic carbocycles. The number of methoxy groups -OCH3 is 1. The largest absolute Gasteiger partial charge is 0.497 e. The summed E-state index contributed by atoms with van der Waals surface area (Å²) in [6.07, 6.45) is 2.12. The molecule has 0 heterocycles. The molecule has 0 fully saturated rings. The van der Waals surface area contributed by atoms with Crippen LogP contribution in [0.2, 0.25) is 19.6 Å². The molecule has 1 N–H and O–H groups in total. The van der Waals surface area contributed by atoms with E-state index in [1.54, 1.807) is 7.11 Å². The third-order valence-corrected chi connectivity index (χ3v) is 4.85. The van der Waals surface area contributed by atoms with Gasteiger partial charge in [-0.25, -0.2) is 0 Å². The van der Waals surface area contributed by atoms with Gasteiger partial charge in [0, 0.05) is 0 Å². The van der Waals surface area contributed by atoms with Crippen molar-refractivity contribution in [2.75, 3.05) is 7.11 Å². The van der Waals surface area contributed by atoms with Gasteiger partial charge in [0.25, 0.3) is 0 Å². The number of rotatable bonds is 9. The van der Waals surface area contributed by atoms with Gasteiger partial charge in [-0.05, 0) is 36.5 Å². The minimum atomic E-state index is -1.46. The van der Waals surface area contributed by atoms with Crippen LogP contribution in [0.1, 0.15) is 38.7 Å². The predicted octanol–water partition coefficient (Wildman–Crippen LogP) is 4.65. The van der Waals surface area contributed by atoms with Crippen LogP contribution in [0.25, 0.3) is 0 Å². The highest BCUT2D eigenvalue weighted by Gasteiger charge is 2.20. The van der Waals surface area contributed by atoms with E-state index in [1.165, 1.54) is 0 Å². The number of benzene rings is 1. The third-order valence-electron chi connectivity index (χ3n) is 3.96. The van der Waals surface area contributed by atoms with E-state index in [0.717, 1.165) is 30.6 Å². The predicted molar refractivity (Wildman–Crippen MR) is 107 cm³/mol. The first kappa shape index (κ1) is 21.8. The van der Waals surface area contributed by atoms with Crippen molar-refractivity contribution in [3.8, 4) is 17.2 Å². The molecule has 0 aliphatic carbocycles. The van der Waals surface area contributed by atoms with Crippen molar-refractivity contribution in [1.29, 1.82) is 0 Å². The van der Waals surface area contributed by atoms with E-state index in [-0.39, 0.29) is 18.1 Å². The summed E-state index contributed by atoms with van der Waals surface area (Å²) in [7, 11) is 0.202. The summed E-state index contributed by atoms with van der Waals surface area (Å²) in [6, 6.07) is 7.91. The van der Waals surface area contributed by atoms with Crippen molar-refractivity contribution in [1.82, 2.24) is 0 Å². The molecule has 140 valence electrons. The molecular formula is C21H34O3Si. The lowest BCUT2D eigenvalue weighted by atomic mass is 9.96. The molecule has 0 spiro atoms. The van der Waals surface area contributed by atoms with Crippen molar-refractivity contribution in [2.45, 2.75) is 71.6 Å². The van der Waals surface area contributed by atoms with Crippen molar-refractivity contribution < 1.29 is 14.6 Å². The third kappa shape index (κ3) is 9.11. The quantitative estimate of drug-likeness (QED) is 0.513. The normalized spacial score (nSPS) is 15.0. The molecule has 3 unspecified atom stereocenters. The van der Waals surface area contributed by atoms with E-state index >= 15 is 0 Å². The molecule has 0 aromatic heterocycles. The number of aliphatic hydroxyl groups excluding tert-OH is 1. The number of hydrogen-bond acceptors (Lipinski definition) is 3. The minimum absolute atomic E-state index is 0.152. The topological polar surface area (TPSA) is 38.7 Å². The Hall–Kier alpha value is -1.28. The van der Waals surface area contributed by atoms with Crippen LogP contribution in [0.5, 0.6) is 5.75 Å². The summed E-state index contributed by atoms with van der Waals surface area (Å²) in [4.78, 5) is 0. The lowest BCUT2D eigenvalue weighted by Gasteiger charge is -2.23. The van der Waals surface area contributed by atoms with E-state index in [4.69, 9.17) is 9.47 Å². The summed E-state index contributed by atoms with van der Waals surface area (Å²) in [5.41, 5.74) is 4.52. The van der Waals surface area contributed by atoms with Crippen LogP contribution in [0.15, 0.2) is 24.3 Å². The molecule has 4 heteroatoms. The first-order chi connectivity index (χ1) is 11.7. The van der Waals surface area contributed by atoms with E-state index < -0.39 is 8.07 Å². The zero-order chi connectivity index (χ0) is 18.9. The molecular weight excluding hydrogens is 328 g/mol. The Morgan fingerprint density at radius 2 is 1.80 bits per heavy atom. The minimum Gasteiger partial charge on any atom is -0.497 e. The summed E-state index contributed by atoms with van der Waals surface area (Å²) in [5.74, 6) is 4.39. The van der Waals surface area contributed by atoms with Crippen LogP contribution < -0.4 is 4.74 Å². The Bertz CT molecular complexity index is 551. The first-order valence-corrected chi connectivity index (χ1v) is 12.7. The van der Waals surface area contributed by atoms with Crippen molar-refractivity contribution >= 4 is 8.07 Å². The van der Waals surface area contributed by atoms with E-state index in [0.29, 0.717) is 6.61 Å². The highest BCUT2D eigenvalue weighted by molar-refractivity contribution is 6.83. The van der Waals surface area contributed by atoms with Crippen molar-refractivity contribution in [2.24, 2.45) is 5.92 Å². The van der Waals surface area contributed by atoms with E-state index in [9.17, 15) is 5.11 Å². The van der Waals surface area contributed by atoms with Crippen LogP contribution in [-0.4, -0.2) is 32.5 Å². The second-order valence-electron chi connectivity index (χ2n) is 7.75. The van der Waals surface area contributed by atoms with Crippen molar-refractivity contribution in [3.63, 3.8) is 0 Å². The van der Waals surface area contributed by atoms with Gasteiger partial charge in [0.05, 0.1) is 19.8 Å². The average Bonchev–Trinajstić information content (AvgIpc) is 2.54. The van der Waals surface area contributed by atoms with Crippen LogP contribution in [0.3, 0.4) is 0 Å². The molecule has 3 atom stereocenters. The molecule has 0 saturated heterocycles. The van der Waals surface area contributed by atoms with Gasteiger partial charge in [0.2, 0.25) is 0 Å². The van der Waals surface area contributed by atoms with Gasteiger partial charge in [-0.15, -0.1) is 5.54 Å². The molecule has 3 nitrogen and oxygen atoms in total. The fraction of sp³-hybridized carbons (Fsp3) is 0.619. The van der Waals surface area contributed by atoms with Gasteiger partial charge in [-0.3, -0.25) is 0 Å². The Balaban J connectivity index is 2.76. The molecule has 0 amide bonds. The summed E-state index contributed by atoms with van der Waals surface area (Å²) in [5, 5.41) is 10.1. The summed E-state index contributed by atoms with van der Waals surface area (Å²) >= 11 is 0. The number of hydrogen-bond donors (Lipinski definition) is 1. The maximum atomic E-state index is 10.1. The lowest BCUT2D eigenvalue weighted by molar-refractivity contribution is 0.0234. The second kappa shape index (κ2) is 10.7. The lowest BCUT2D eigenvalue weighted by Crippen LogP contribution is -2.26. The number of aliphatic hydroxyl groups is 1. The van der Waals surface area contributed by atoms with E-state index in [1.807, 2.05) is 24.3 Å². The monoisotopic (exact) mass is 362 g/mol. The maximum Gasteiger partial charge on any atom is 0.129 e. The molecule has 1 aromatic rings. The van der Waals surface area contributed by atoms with Crippen LogP contribution in [-0.2, 0) is 11.3 Å². The van der Waals surface area contributed by atoms with Gasteiger partial charge in [-0.2, -0.15) is 0 Å². The first-order valence-electron chi connectivity index (χ1n) is 9.20. The molecule has 0 aliphatic heterocycles. The van der Waals surface area contributed by atoms with Gasteiger partial charge < -0.3 is 14.6 Å². The molecule has 1 rings (SSSR count). The zero-order valence-corrected chi connectivity index (χ0v) is 17.6. The van der Waals surface area contributed by atoms with Crippen LogP contribution in [0.4, 0.5) is 0 Å². The Morgan fingerprint density at radius 1 is 1.16 bits per heavy atom. The smallest absolute Gasteiger partial charge is 0.129 e. The standard InChI is InChI=1S/C21H34O3Si/c1-7-8-19(22)15-17(2)21(13-14-25(4,5)6)24-16-18-9-11-20(23-3)12-10-18/h9-12,17,19,21-22H,7-8,15-16H2,1-6H3. The van der Waals surface area contributed by atoms with E-state index in [2.05, 4.69) is 45.0 Å². The fourth-order valence-corrected chi connectivity index (χ4v) is 3.12. The fourth-order valence-electron chi connectivity index (χ4n) is 2.55. The van der Waals surface area contributed by atoms with Gasteiger partial charge in [-0.1, -0.05) is 58.0 Å². The number of ether oxygens (including phenoxy) is 2. The second-order valence-corrected chi connectivity index (χ2v) is 12.5. The molecule has 0 aliphatic rings. The van der Waals surface area contributed by atoms with Gasteiger partial charge in [0.1, 0.15) is 19.9 Å².